The minimum absolute atomic E-state index is 0.0902. The Kier molecular flexibility index (Phi) is 7.63. The summed E-state index contributed by atoms with van der Waals surface area (Å²) in [6.07, 6.45) is 1.43. The highest BCUT2D eigenvalue weighted by Crippen LogP contribution is 2.02. The van der Waals surface area contributed by atoms with Gasteiger partial charge in [0.25, 0.3) is 0 Å². The maximum atomic E-state index is 11.2. The zero-order valence-corrected chi connectivity index (χ0v) is 8.41. The van der Waals surface area contributed by atoms with Crippen molar-refractivity contribution in [3.63, 3.8) is 0 Å². The van der Waals surface area contributed by atoms with Gasteiger partial charge in [-0.05, 0) is 13.0 Å². The van der Waals surface area contributed by atoms with Gasteiger partial charge in [-0.3, -0.25) is 4.79 Å². The number of hydrogen-bond acceptors (Lipinski definition) is 4. The molecule has 0 radical (unpaired) electrons. The van der Waals surface area contributed by atoms with Crippen LogP contribution in [0.3, 0.4) is 0 Å². The lowest BCUT2D eigenvalue weighted by Gasteiger charge is -2.09. The molecule has 4 heteroatoms. The van der Waals surface area contributed by atoms with Crippen LogP contribution in [0.25, 0.3) is 0 Å². The zero-order valence-electron chi connectivity index (χ0n) is 8.41. The summed E-state index contributed by atoms with van der Waals surface area (Å²) < 4.78 is 9.80. The van der Waals surface area contributed by atoms with Gasteiger partial charge in [0.15, 0.2) is 0 Å². The van der Waals surface area contributed by atoms with Crippen LogP contribution in [0.4, 0.5) is 0 Å². The highest BCUT2D eigenvalue weighted by atomic mass is 16.5. The number of carbonyl (C=O) groups excluding carboxylic acids is 1. The molecule has 0 saturated heterocycles. The van der Waals surface area contributed by atoms with Crippen molar-refractivity contribution in [2.45, 2.75) is 19.8 Å². The number of hydrogen-bond donors (Lipinski definition) is 1. The van der Waals surface area contributed by atoms with E-state index in [1.54, 1.807) is 7.11 Å². The van der Waals surface area contributed by atoms with Crippen LogP contribution in [0.2, 0.25) is 0 Å². The third-order valence-electron chi connectivity index (χ3n) is 1.74. The first-order valence-corrected chi connectivity index (χ1v) is 4.58. The molecule has 78 valence electrons. The van der Waals surface area contributed by atoms with Gasteiger partial charge in [-0.1, -0.05) is 6.92 Å². The molecule has 2 N–H and O–H groups in total. The van der Waals surface area contributed by atoms with Gasteiger partial charge in [-0.25, -0.2) is 0 Å². The van der Waals surface area contributed by atoms with E-state index in [1.807, 2.05) is 6.92 Å². The number of methoxy groups -OCH3 is 1. The number of carbonyl (C=O) groups is 1. The topological polar surface area (TPSA) is 61.5 Å². The summed E-state index contributed by atoms with van der Waals surface area (Å²) in [6, 6.07) is 0. The van der Waals surface area contributed by atoms with Crippen LogP contribution in [-0.2, 0) is 14.3 Å². The Labute approximate surface area is 79.4 Å². The van der Waals surface area contributed by atoms with Crippen molar-refractivity contribution >= 4 is 5.97 Å². The second-order valence-electron chi connectivity index (χ2n) is 2.99. The molecule has 0 rings (SSSR count). The van der Waals surface area contributed by atoms with Gasteiger partial charge in [0.1, 0.15) is 0 Å². The number of nitrogens with two attached hydrogens (primary N) is 1. The van der Waals surface area contributed by atoms with E-state index in [2.05, 4.69) is 0 Å². The average Bonchev–Trinajstić information content (AvgIpc) is 2.12. The average molecular weight is 189 g/mol. The Balaban J connectivity index is 3.38. The molecule has 0 aliphatic carbocycles. The minimum atomic E-state index is -0.165. The fourth-order valence-electron chi connectivity index (χ4n) is 0.886. The molecule has 0 bridgehead atoms. The third kappa shape index (κ3) is 6.54. The van der Waals surface area contributed by atoms with Gasteiger partial charge in [0.2, 0.25) is 0 Å². The van der Waals surface area contributed by atoms with E-state index in [4.69, 9.17) is 15.2 Å². The van der Waals surface area contributed by atoms with Crippen LogP contribution >= 0.6 is 0 Å². The first-order valence-electron chi connectivity index (χ1n) is 4.58. The molecule has 0 amide bonds. The monoisotopic (exact) mass is 189 g/mol. The maximum absolute atomic E-state index is 11.2. The highest BCUT2D eigenvalue weighted by molar-refractivity contribution is 5.71. The van der Waals surface area contributed by atoms with E-state index in [-0.39, 0.29) is 11.9 Å². The van der Waals surface area contributed by atoms with Crippen molar-refractivity contribution in [1.82, 2.24) is 0 Å². The van der Waals surface area contributed by atoms with Crippen molar-refractivity contribution in [3.8, 4) is 0 Å². The lowest BCUT2D eigenvalue weighted by molar-refractivity contribution is -0.148. The van der Waals surface area contributed by atoms with E-state index in [9.17, 15) is 4.79 Å². The SMILES string of the molecule is COCCCOC(=O)C(C)CCN. The molecule has 0 fully saturated rings. The van der Waals surface area contributed by atoms with Crippen LogP contribution in [0.15, 0.2) is 0 Å². The zero-order chi connectivity index (χ0) is 10.1. The summed E-state index contributed by atoms with van der Waals surface area (Å²) >= 11 is 0. The smallest absolute Gasteiger partial charge is 0.308 e. The van der Waals surface area contributed by atoms with E-state index in [0.717, 1.165) is 6.42 Å². The quantitative estimate of drug-likeness (QED) is 0.469. The molecule has 0 aromatic rings. The number of esters is 1. The van der Waals surface area contributed by atoms with Gasteiger partial charge in [0, 0.05) is 20.1 Å². The van der Waals surface area contributed by atoms with E-state index >= 15 is 0 Å². The molecule has 0 saturated carbocycles. The first-order chi connectivity index (χ1) is 6.22. The summed E-state index contributed by atoms with van der Waals surface area (Å²) in [5.41, 5.74) is 5.32. The van der Waals surface area contributed by atoms with E-state index < -0.39 is 0 Å². The predicted octanol–water partition coefficient (Wildman–Crippen LogP) is 0.551. The molecular weight excluding hydrogens is 170 g/mol. The van der Waals surface area contributed by atoms with Crippen LogP contribution in [0, 0.1) is 5.92 Å². The van der Waals surface area contributed by atoms with Crippen molar-refractivity contribution in [2.24, 2.45) is 11.7 Å². The summed E-state index contributed by atoms with van der Waals surface area (Å²) in [4.78, 5) is 11.2. The largest absolute Gasteiger partial charge is 0.465 e. The standard InChI is InChI=1S/C9H19NO3/c1-8(4-5-10)9(11)13-7-3-6-12-2/h8H,3-7,10H2,1-2H3. The van der Waals surface area contributed by atoms with Gasteiger partial charge >= 0.3 is 5.97 Å². The second-order valence-corrected chi connectivity index (χ2v) is 2.99. The Morgan fingerprint density at radius 2 is 2.15 bits per heavy atom. The molecule has 4 nitrogen and oxygen atoms in total. The normalized spacial score (nSPS) is 12.5. The fraction of sp³-hybridized carbons (Fsp3) is 0.889. The van der Waals surface area contributed by atoms with Crippen molar-refractivity contribution in [2.75, 3.05) is 26.9 Å². The van der Waals surface area contributed by atoms with Crippen molar-refractivity contribution < 1.29 is 14.3 Å². The Hall–Kier alpha value is -0.610. The Morgan fingerprint density at radius 1 is 1.46 bits per heavy atom. The fourth-order valence-corrected chi connectivity index (χ4v) is 0.886. The molecule has 13 heavy (non-hydrogen) atoms. The molecule has 0 spiro atoms. The van der Waals surface area contributed by atoms with Gasteiger partial charge in [-0.15, -0.1) is 0 Å². The minimum Gasteiger partial charge on any atom is -0.465 e. The van der Waals surface area contributed by atoms with Gasteiger partial charge in [-0.2, -0.15) is 0 Å². The predicted molar refractivity (Wildman–Crippen MR) is 50.3 cm³/mol. The molecule has 1 atom stereocenters. The van der Waals surface area contributed by atoms with Gasteiger partial charge < -0.3 is 15.2 Å². The van der Waals surface area contributed by atoms with Crippen molar-refractivity contribution in [3.05, 3.63) is 0 Å². The molecule has 0 aliphatic rings. The first kappa shape index (κ1) is 12.4. The molecular formula is C9H19NO3. The van der Waals surface area contributed by atoms with Crippen LogP contribution < -0.4 is 5.73 Å². The maximum Gasteiger partial charge on any atom is 0.308 e. The van der Waals surface area contributed by atoms with E-state index in [0.29, 0.717) is 26.2 Å². The van der Waals surface area contributed by atoms with Crippen LogP contribution in [-0.4, -0.2) is 32.8 Å². The number of ether oxygens (including phenoxy) is 2. The number of rotatable bonds is 7. The summed E-state index contributed by atoms with van der Waals surface area (Å²) in [5.74, 6) is -0.255. The lowest BCUT2D eigenvalue weighted by atomic mass is 10.1. The van der Waals surface area contributed by atoms with Crippen molar-refractivity contribution in [1.29, 1.82) is 0 Å². The summed E-state index contributed by atoms with van der Waals surface area (Å²) in [7, 11) is 1.62. The molecule has 0 aliphatic heterocycles. The van der Waals surface area contributed by atoms with E-state index in [1.165, 1.54) is 0 Å². The third-order valence-corrected chi connectivity index (χ3v) is 1.74. The molecule has 0 heterocycles. The highest BCUT2D eigenvalue weighted by Gasteiger charge is 2.12. The Morgan fingerprint density at radius 3 is 2.69 bits per heavy atom. The summed E-state index contributed by atoms with van der Waals surface area (Å²) in [5, 5.41) is 0. The lowest BCUT2D eigenvalue weighted by Crippen LogP contribution is -2.19. The van der Waals surface area contributed by atoms with Crippen LogP contribution in [0.5, 0.6) is 0 Å². The molecule has 1 unspecified atom stereocenters. The Bertz CT molecular complexity index is 139. The van der Waals surface area contributed by atoms with Crippen LogP contribution in [0.1, 0.15) is 19.8 Å². The molecule has 0 aromatic heterocycles. The molecule has 0 aromatic carbocycles. The summed E-state index contributed by atoms with van der Waals surface area (Å²) in [6.45, 7) is 3.40. The van der Waals surface area contributed by atoms with Gasteiger partial charge in [0.05, 0.1) is 12.5 Å². The second kappa shape index (κ2) is 8.01.